The Morgan fingerprint density at radius 3 is 2.61 bits per heavy atom. The highest BCUT2D eigenvalue weighted by molar-refractivity contribution is 5.93. The minimum atomic E-state index is 0.120. The largest absolute Gasteiger partial charge is 0.324 e. The molecule has 3 rings (SSSR count). The van der Waals surface area contributed by atoms with Gasteiger partial charge in [-0.1, -0.05) is 37.5 Å². The summed E-state index contributed by atoms with van der Waals surface area (Å²) in [5, 5.41) is 6.69. The minimum Gasteiger partial charge on any atom is -0.324 e. The van der Waals surface area contributed by atoms with Gasteiger partial charge < -0.3 is 10.6 Å². The monoisotopic (exact) mass is 315 g/mol. The van der Waals surface area contributed by atoms with Crippen molar-refractivity contribution in [2.75, 3.05) is 31.5 Å². The summed E-state index contributed by atoms with van der Waals surface area (Å²) < 4.78 is 0. The number of carbonyl (C=O) groups excluding carboxylic acids is 1. The number of hydrogen-bond donors (Lipinski definition) is 2. The second kappa shape index (κ2) is 7.02. The van der Waals surface area contributed by atoms with Crippen molar-refractivity contribution in [1.82, 2.24) is 10.2 Å². The molecular weight excluding hydrogens is 286 g/mol. The van der Waals surface area contributed by atoms with Gasteiger partial charge in [0.15, 0.2) is 0 Å². The normalized spacial score (nSPS) is 21.3. The predicted octanol–water partition coefficient (Wildman–Crippen LogP) is 2.85. The Balaban J connectivity index is 1.68. The van der Waals surface area contributed by atoms with Crippen LogP contribution in [0.3, 0.4) is 0 Å². The number of nitrogens with one attached hydrogen (secondary N) is 2. The lowest BCUT2D eigenvalue weighted by Gasteiger charge is -2.49. The van der Waals surface area contributed by atoms with Crippen LogP contribution in [0, 0.1) is 13.8 Å². The van der Waals surface area contributed by atoms with Gasteiger partial charge in [-0.3, -0.25) is 9.69 Å². The number of benzene rings is 1. The molecule has 2 N–H and O–H groups in total. The van der Waals surface area contributed by atoms with Crippen molar-refractivity contribution in [1.29, 1.82) is 0 Å². The van der Waals surface area contributed by atoms with E-state index in [1.165, 1.54) is 32.1 Å². The van der Waals surface area contributed by atoms with Crippen molar-refractivity contribution in [2.45, 2.75) is 51.5 Å². The van der Waals surface area contributed by atoms with E-state index >= 15 is 0 Å². The van der Waals surface area contributed by atoms with E-state index < -0.39 is 0 Å². The lowest BCUT2D eigenvalue weighted by atomic mass is 9.79. The van der Waals surface area contributed by atoms with Gasteiger partial charge in [0.2, 0.25) is 5.91 Å². The number of piperazine rings is 1. The van der Waals surface area contributed by atoms with Crippen LogP contribution in [0.15, 0.2) is 18.2 Å². The fourth-order valence-electron chi connectivity index (χ4n) is 4.20. The van der Waals surface area contributed by atoms with E-state index in [-0.39, 0.29) is 11.4 Å². The average Bonchev–Trinajstić information content (AvgIpc) is 2.54. The molecular formula is C19H29N3O. The summed E-state index contributed by atoms with van der Waals surface area (Å²) in [5.74, 6) is 0.120. The lowest BCUT2D eigenvalue weighted by molar-refractivity contribution is -0.120. The number of carbonyl (C=O) groups is 1. The number of amides is 1. The molecule has 1 amide bonds. The smallest absolute Gasteiger partial charge is 0.238 e. The maximum atomic E-state index is 12.6. The highest BCUT2D eigenvalue weighted by Gasteiger charge is 2.40. The van der Waals surface area contributed by atoms with Crippen LogP contribution >= 0.6 is 0 Å². The van der Waals surface area contributed by atoms with Crippen molar-refractivity contribution < 1.29 is 4.79 Å². The first-order chi connectivity index (χ1) is 11.1. The zero-order valence-electron chi connectivity index (χ0n) is 14.5. The summed E-state index contributed by atoms with van der Waals surface area (Å²) in [5.41, 5.74) is 3.44. The molecule has 126 valence electrons. The third-order valence-electron chi connectivity index (χ3n) is 5.55. The van der Waals surface area contributed by atoms with Crippen LogP contribution in [0.25, 0.3) is 0 Å². The quantitative estimate of drug-likeness (QED) is 0.901. The van der Waals surface area contributed by atoms with Crippen molar-refractivity contribution >= 4 is 11.6 Å². The second-order valence-electron chi connectivity index (χ2n) is 7.20. The molecule has 0 unspecified atom stereocenters. The van der Waals surface area contributed by atoms with Gasteiger partial charge in [0.25, 0.3) is 0 Å². The first kappa shape index (κ1) is 16.5. The molecule has 1 spiro atoms. The summed E-state index contributed by atoms with van der Waals surface area (Å²) in [6, 6.07) is 6.14. The zero-order chi connectivity index (χ0) is 16.3. The minimum absolute atomic E-state index is 0.120. The van der Waals surface area contributed by atoms with Crippen LogP contribution < -0.4 is 10.6 Å². The molecule has 2 aliphatic rings. The molecule has 0 radical (unpaired) electrons. The van der Waals surface area contributed by atoms with Crippen LogP contribution in [0.5, 0.6) is 0 Å². The number of para-hydroxylation sites is 1. The van der Waals surface area contributed by atoms with Gasteiger partial charge in [0.1, 0.15) is 0 Å². The summed E-state index contributed by atoms with van der Waals surface area (Å²) in [4.78, 5) is 15.1. The summed E-state index contributed by atoms with van der Waals surface area (Å²) in [6.07, 6.45) is 6.35. The molecule has 1 aliphatic heterocycles. The predicted molar refractivity (Wildman–Crippen MR) is 94.8 cm³/mol. The summed E-state index contributed by atoms with van der Waals surface area (Å²) in [7, 11) is 0. The van der Waals surface area contributed by atoms with Crippen molar-refractivity contribution in [3.05, 3.63) is 29.3 Å². The maximum absolute atomic E-state index is 12.6. The van der Waals surface area contributed by atoms with Gasteiger partial charge in [0.05, 0.1) is 6.54 Å². The Morgan fingerprint density at radius 2 is 1.91 bits per heavy atom. The molecule has 1 aliphatic carbocycles. The Hall–Kier alpha value is -1.39. The zero-order valence-corrected chi connectivity index (χ0v) is 14.5. The number of nitrogens with zero attached hydrogens (tertiary/aromatic N) is 1. The molecule has 1 saturated heterocycles. The molecule has 4 nitrogen and oxygen atoms in total. The van der Waals surface area contributed by atoms with Crippen LogP contribution in [-0.2, 0) is 4.79 Å². The molecule has 1 saturated carbocycles. The van der Waals surface area contributed by atoms with Crippen molar-refractivity contribution in [3.8, 4) is 0 Å². The van der Waals surface area contributed by atoms with E-state index in [0.29, 0.717) is 6.54 Å². The van der Waals surface area contributed by atoms with E-state index in [4.69, 9.17) is 0 Å². The van der Waals surface area contributed by atoms with E-state index in [2.05, 4.69) is 41.5 Å². The Labute approximate surface area is 139 Å². The maximum Gasteiger partial charge on any atom is 0.238 e. The molecule has 0 bridgehead atoms. The summed E-state index contributed by atoms with van der Waals surface area (Å²) in [6.45, 7) is 7.60. The fourth-order valence-corrected chi connectivity index (χ4v) is 4.20. The molecule has 1 heterocycles. The van der Waals surface area contributed by atoms with Gasteiger partial charge in [-0.25, -0.2) is 0 Å². The Bertz CT molecular complexity index is 535. The average molecular weight is 315 g/mol. The topological polar surface area (TPSA) is 44.4 Å². The number of hydrogen-bond acceptors (Lipinski definition) is 3. The SMILES string of the molecule is Cc1cccc(C)c1NC(=O)CN1CCNCC12CCCCC2. The molecule has 23 heavy (non-hydrogen) atoms. The Kier molecular flexibility index (Phi) is 5.02. The summed E-state index contributed by atoms with van der Waals surface area (Å²) >= 11 is 0. The number of aryl methyl sites for hydroxylation is 2. The standard InChI is InChI=1S/C19H29N3O/c1-15-7-6-8-16(2)18(15)21-17(23)13-22-12-11-20-14-19(22)9-4-3-5-10-19/h6-8,20H,3-5,9-14H2,1-2H3,(H,21,23). The highest BCUT2D eigenvalue weighted by atomic mass is 16.2. The van der Waals surface area contributed by atoms with Crippen LogP contribution in [-0.4, -0.2) is 42.5 Å². The van der Waals surface area contributed by atoms with Crippen LogP contribution in [0.2, 0.25) is 0 Å². The van der Waals surface area contributed by atoms with E-state index in [9.17, 15) is 4.79 Å². The molecule has 4 heteroatoms. The molecule has 1 aromatic carbocycles. The first-order valence-corrected chi connectivity index (χ1v) is 8.93. The van der Waals surface area contributed by atoms with Crippen LogP contribution in [0.4, 0.5) is 5.69 Å². The van der Waals surface area contributed by atoms with Gasteiger partial charge in [-0.15, -0.1) is 0 Å². The van der Waals surface area contributed by atoms with Gasteiger partial charge in [0, 0.05) is 30.9 Å². The highest BCUT2D eigenvalue weighted by Crippen LogP contribution is 2.34. The fraction of sp³-hybridized carbons (Fsp3) is 0.632. The van der Waals surface area contributed by atoms with E-state index in [1.54, 1.807) is 0 Å². The number of rotatable bonds is 3. The van der Waals surface area contributed by atoms with Crippen LogP contribution in [0.1, 0.15) is 43.2 Å². The van der Waals surface area contributed by atoms with Crippen molar-refractivity contribution in [2.24, 2.45) is 0 Å². The number of anilines is 1. The van der Waals surface area contributed by atoms with Gasteiger partial charge >= 0.3 is 0 Å². The third-order valence-corrected chi connectivity index (χ3v) is 5.55. The molecule has 0 aromatic heterocycles. The Morgan fingerprint density at radius 1 is 1.22 bits per heavy atom. The molecule has 1 aromatic rings. The molecule has 2 fully saturated rings. The van der Waals surface area contributed by atoms with Gasteiger partial charge in [-0.05, 0) is 37.8 Å². The molecule has 0 atom stereocenters. The van der Waals surface area contributed by atoms with Crippen molar-refractivity contribution in [3.63, 3.8) is 0 Å². The van der Waals surface area contributed by atoms with Gasteiger partial charge in [-0.2, -0.15) is 0 Å². The van der Waals surface area contributed by atoms with E-state index in [0.717, 1.165) is 36.4 Å². The first-order valence-electron chi connectivity index (χ1n) is 8.93. The van der Waals surface area contributed by atoms with E-state index in [1.807, 2.05) is 6.07 Å². The third kappa shape index (κ3) is 3.59. The second-order valence-corrected chi connectivity index (χ2v) is 7.20. The lowest BCUT2D eigenvalue weighted by Crippen LogP contribution is -2.63.